The van der Waals surface area contributed by atoms with Crippen molar-refractivity contribution >= 4 is 11.5 Å². The zero-order valence-corrected chi connectivity index (χ0v) is 9.14. The fraction of sp³-hybridized carbons (Fsp3) is 0.167. The number of nitrogens with zero attached hydrogens (tertiary/aromatic N) is 2. The van der Waals surface area contributed by atoms with Gasteiger partial charge < -0.3 is 11.1 Å². The van der Waals surface area contributed by atoms with Crippen LogP contribution in [-0.4, -0.2) is 9.97 Å². The van der Waals surface area contributed by atoms with Gasteiger partial charge in [-0.3, -0.25) is 4.98 Å². The molecule has 2 heterocycles. The Hall–Kier alpha value is -2.10. The van der Waals surface area contributed by atoms with Crippen LogP contribution >= 0.6 is 0 Å². The van der Waals surface area contributed by atoms with Crippen molar-refractivity contribution < 1.29 is 0 Å². The van der Waals surface area contributed by atoms with Crippen molar-refractivity contribution in [3.8, 4) is 0 Å². The zero-order valence-electron chi connectivity index (χ0n) is 9.14. The van der Waals surface area contributed by atoms with Crippen LogP contribution in [-0.2, 0) is 6.54 Å². The van der Waals surface area contributed by atoms with Gasteiger partial charge in [0.2, 0.25) is 0 Å². The average molecular weight is 214 g/mol. The minimum Gasteiger partial charge on any atom is -0.382 e. The predicted molar refractivity (Wildman–Crippen MR) is 65.0 cm³/mol. The molecule has 82 valence electrons. The quantitative estimate of drug-likeness (QED) is 0.820. The Morgan fingerprint density at radius 1 is 1.25 bits per heavy atom. The second-order valence-electron chi connectivity index (χ2n) is 3.56. The van der Waals surface area contributed by atoms with Crippen LogP contribution in [0.25, 0.3) is 0 Å². The van der Waals surface area contributed by atoms with E-state index in [0.29, 0.717) is 12.4 Å². The summed E-state index contributed by atoms with van der Waals surface area (Å²) in [6.45, 7) is 2.62. The Morgan fingerprint density at radius 3 is 2.88 bits per heavy atom. The largest absolute Gasteiger partial charge is 0.382 e. The summed E-state index contributed by atoms with van der Waals surface area (Å²) in [6.07, 6.45) is 1.67. The van der Waals surface area contributed by atoms with Crippen molar-refractivity contribution in [3.05, 3.63) is 47.9 Å². The van der Waals surface area contributed by atoms with Crippen molar-refractivity contribution in [1.82, 2.24) is 9.97 Å². The topological polar surface area (TPSA) is 63.8 Å². The van der Waals surface area contributed by atoms with E-state index in [0.717, 1.165) is 17.1 Å². The van der Waals surface area contributed by atoms with E-state index in [1.54, 1.807) is 6.20 Å². The third-order valence-corrected chi connectivity index (χ3v) is 2.24. The van der Waals surface area contributed by atoms with E-state index in [4.69, 9.17) is 5.73 Å². The maximum Gasteiger partial charge on any atom is 0.146 e. The molecule has 0 aromatic carbocycles. The van der Waals surface area contributed by atoms with Gasteiger partial charge >= 0.3 is 0 Å². The molecule has 0 saturated carbocycles. The van der Waals surface area contributed by atoms with E-state index < -0.39 is 0 Å². The van der Waals surface area contributed by atoms with Gasteiger partial charge in [0.1, 0.15) is 5.82 Å². The number of aryl methyl sites for hydroxylation is 1. The van der Waals surface area contributed by atoms with Crippen molar-refractivity contribution in [2.24, 2.45) is 0 Å². The normalized spacial score (nSPS) is 10.1. The number of pyridine rings is 2. The fourth-order valence-electron chi connectivity index (χ4n) is 1.45. The molecule has 2 aromatic rings. The molecule has 0 radical (unpaired) electrons. The van der Waals surface area contributed by atoms with Crippen LogP contribution in [0, 0.1) is 6.92 Å². The SMILES string of the molecule is Cc1cccc(CNc2cccnc2N)n1. The molecule has 0 spiro atoms. The van der Waals surface area contributed by atoms with Crippen molar-refractivity contribution in [2.45, 2.75) is 13.5 Å². The molecule has 3 N–H and O–H groups in total. The summed E-state index contributed by atoms with van der Waals surface area (Å²) in [5.74, 6) is 0.509. The molecule has 0 atom stereocenters. The predicted octanol–water partition coefficient (Wildman–Crippen LogP) is 1.98. The van der Waals surface area contributed by atoms with Gasteiger partial charge in [-0.05, 0) is 31.2 Å². The number of nitrogen functional groups attached to an aromatic ring is 1. The summed E-state index contributed by atoms with van der Waals surface area (Å²) in [5, 5.41) is 3.21. The molecule has 0 fully saturated rings. The maximum absolute atomic E-state index is 5.72. The molecular formula is C12H14N4. The van der Waals surface area contributed by atoms with E-state index in [9.17, 15) is 0 Å². The molecule has 0 aliphatic carbocycles. The Morgan fingerprint density at radius 2 is 2.12 bits per heavy atom. The zero-order chi connectivity index (χ0) is 11.4. The Bertz CT molecular complexity index is 482. The number of aromatic nitrogens is 2. The fourth-order valence-corrected chi connectivity index (χ4v) is 1.45. The summed E-state index contributed by atoms with van der Waals surface area (Å²) >= 11 is 0. The van der Waals surface area contributed by atoms with Gasteiger partial charge in [-0.2, -0.15) is 0 Å². The summed E-state index contributed by atoms with van der Waals surface area (Å²) in [4.78, 5) is 8.40. The second kappa shape index (κ2) is 4.61. The lowest BCUT2D eigenvalue weighted by molar-refractivity contribution is 1.01. The highest BCUT2D eigenvalue weighted by molar-refractivity contribution is 5.60. The molecule has 16 heavy (non-hydrogen) atoms. The summed E-state index contributed by atoms with van der Waals surface area (Å²) in [5.41, 5.74) is 8.56. The Labute approximate surface area is 94.5 Å². The molecule has 0 amide bonds. The minimum atomic E-state index is 0.509. The van der Waals surface area contributed by atoms with Crippen LogP contribution < -0.4 is 11.1 Å². The van der Waals surface area contributed by atoms with Crippen LogP contribution in [0.5, 0.6) is 0 Å². The summed E-state index contributed by atoms with van der Waals surface area (Å²) < 4.78 is 0. The first-order chi connectivity index (χ1) is 7.75. The van der Waals surface area contributed by atoms with Crippen molar-refractivity contribution in [3.63, 3.8) is 0 Å². The molecule has 0 saturated heterocycles. The Balaban J connectivity index is 2.05. The third-order valence-electron chi connectivity index (χ3n) is 2.24. The Kier molecular flexibility index (Phi) is 3.00. The van der Waals surface area contributed by atoms with Crippen LogP contribution in [0.1, 0.15) is 11.4 Å². The van der Waals surface area contributed by atoms with Crippen molar-refractivity contribution in [2.75, 3.05) is 11.1 Å². The molecule has 2 aromatic heterocycles. The standard InChI is InChI=1S/C12H14N4/c1-9-4-2-5-10(16-9)8-15-11-6-3-7-14-12(11)13/h2-7,15H,8H2,1H3,(H2,13,14). The van der Waals surface area contributed by atoms with Gasteiger partial charge in [0, 0.05) is 11.9 Å². The van der Waals surface area contributed by atoms with Crippen LogP contribution in [0.4, 0.5) is 11.5 Å². The highest BCUT2D eigenvalue weighted by Gasteiger charge is 1.99. The number of rotatable bonds is 3. The molecular weight excluding hydrogens is 200 g/mol. The molecule has 0 aliphatic heterocycles. The van der Waals surface area contributed by atoms with E-state index in [1.165, 1.54) is 0 Å². The van der Waals surface area contributed by atoms with E-state index >= 15 is 0 Å². The first-order valence-electron chi connectivity index (χ1n) is 5.12. The molecule has 0 bridgehead atoms. The first kappa shape index (κ1) is 10.4. The van der Waals surface area contributed by atoms with Gasteiger partial charge in [-0.25, -0.2) is 4.98 Å². The number of anilines is 2. The molecule has 4 heteroatoms. The lowest BCUT2D eigenvalue weighted by Crippen LogP contribution is -2.05. The van der Waals surface area contributed by atoms with Gasteiger partial charge in [0.25, 0.3) is 0 Å². The van der Waals surface area contributed by atoms with E-state index in [1.807, 2.05) is 37.3 Å². The highest BCUT2D eigenvalue weighted by Crippen LogP contribution is 2.14. The number of hydrogen-bond acceptors (Lipinski definition) is 4. The third kappa shape index (κ3) is 2.48. The van der Waals surface area contributed by atoms with Crippen LogP contribution in [0.15, 0.2) is 36.5 Å². The maximum atomic E-state index is 5.72. The molecule has 0 unspecified atom stereocenters. The van der Waals surface area contributed by atoms with E-state index in [2.05, 4.69) is 15.3 Å². The molecule has 2 rings (SSSR count). The van der Waals surface area contributed by atoms with E-state index in [-0.39, 0.29) is 0 Å². The minimum absolute atomic E-state index is 0.509. The van der Waals surface area contributed by atoms with Crippen molar-refractivity contribution in [1.29, 1.82) is 0 Å². The summed E-state index contributed by atoms with van der Waals surface area (Å²) in [7, 11) is 0. The van der Waals surface area contributed by atoms with Gasteiger partial charge in [-0.1, -0.05) is 6.07 Å². The second-order valence-corrected chi connectivity index (χ2v) is 3.56. The number of nitrogens with two attached hydrogens (primary N) is 1. The van der Waals surface area contributed by atoms with Gasteiger partial charge in [-0.15, -0.1) is 0 Å². The van der Waals surface area contributed by atoms with Gasteiger partial charge in [0.15, 0.2) is 0 Å². The van der Waals surface area contributed by atoms with Crippen LogP contribution in [0.3, 0.4) is 0 Å². The monoisotopic (exact) mass is 214 g/mol. The lowest BCUT2D eigenvalue weighted by atomic mass is 10.3. The molecule has 0 aliphatic rings. The highest BCUT2D eigenvalue weighted by atomic mass is 15.0. The smallest absolute Gasteiger partial charge is 0.146 e. The van der Waals surface area contributed by atoms with Gasteiger partial charge in [0.05, 0.1) is 17.9 Å². The average Bonchev–Trinajstić information content (AvgIpc) is 2.28. The van der Waals surface area contributed by atoms with Crippen LogP contribution in [0.2, 0.25) is 0 Å². The molecule has 4 nitrogen and oxygen atoms in total. The first-order valence-corrected chi connectivity index (χ1v) is 5.12. The summed E-state index contributed by atoms with van der Waals surface area (Å²) in [6, 6.07) is 9.70. The number of nitrogens with one attached hydrogen (secondary N) is 1. The number of hydrogen-bond donors (Lipinski definition) is 2. The lowest BCUT2D eigenvalue weighted by Gasteiger charge is -2.07.